The number of amides is 5. The first-order chi connectivity index (χ1) is 22.2. The molecule has 5 amide bonds. The minimum Gasteiger partial charge on any atom is -0.478 e. The Kier molecular flexibility index (Phi) is 14.4. The maximum absolute atomic E-state index is 13.3. The number of carbonyl (C=O) groups is 6. The molecule has 0 bridgehead atoms. The molecule has 0 unspecified atom stereocenters. The Balaban J connectivity index is 1.66. The molecule has 0 spiro atoms. The van der Waals surface area contributed by atoms with Crippen molar-refractivity contribution >= 4 is 35.5 Å². The van der Waals surface area contributed by atoms with Crippen molar-refractivity contribution in [1.82, 2.24) is 31.6 Å². The molecule has 46 heavy (non-hydrogen) atoms. The summed E-state index contributed by atoms with van der Waals surface area (Å²) in [6.07, 6.45) is 0.969. The number of nitrogens with one attached hydrogen (secondary N) is 5. The first kappa shape index (κ1) is 35.5. The molecule has 2 heterocycles. The zero-order valence-corrected chi connectivity index (χ0v) is 26.1. The van der Waals surface area contributed by atoms with Gasteiger partial charge in [0.1, 0.15) is 12.6 Å². The maximum atomic E-state index is 13.3. The summed E-state index contributed by atoms with van der Waals surface area (Å²) in [6.45, 7) is 4.26. The van der Waals surface area contributed by atoms with Gasteiger partial charge in [-0.15, -0.1) is 0 Å². The lowest BCUT2D eigenvalue weighted by Crippen LogP contribution is -2.53. The van der Waals surface area contributed by atoms with E-state index in [-0.39, 0.29) is 25.4 Å². The van der Waals surface area contributed by atoms with E-state index in [1.54, 1.807) is 49.4 Å². The van der Waals surface area contributed by atoms with Gasteiger partial charge in [0.2, 0.25) is 29.4 Å². The van der Waals surface area contributed by atoms with Crippen molar-refractivity contribution in [1.29, 1.82) is 0 Å². The van der Waals surface area contributed by atoms with Crippen LogP contribution in [0.15, 0.2) is 48.5 Å². The van der Waals surface area contributed by atoms with Gasteiger partial charge in [-0.05, 0) is 37.8 Å². The first-order valence-corrected chi connectivity index (χ1v) is 15.4. The second-order valence-electron chi connectivity index (χ2n) is 10.7. The number of hydrogen-bond donors (Lipinski definition) is 5. The van der Waals surface area contributed by atoms with Gasteiger partial charge in [-0.2, -0.15) is 0 Å². The third-order valence-electron chi connectivity index (χ3n) is 7.11. The number of benzene rings is 1. The Morgan fingerprint density at radius 1 is 0.978 bits per heavy atom. The van der Waals surface area contributed by atoms with Crippen molar-refractivity contribution in [2.75, 3.05) is 26.2 Å². The van der Waals surface area contributed by atoms with Gasteiger partial charge < -0.3 is 36.1 Å². The maximum Gasteiger partial charge on any atom is 0.408 e. The highest BCUT2D eigenvalue weighted by atomic mass is 16.5. The monoisotopic (exact) mass is 638 g/mol. The number of unbranched alkanes of at least 4 members (excludes halogenated alkanes) is 1. The Hall–Kier alpha value is -5.01. The highest BCUT2D eigenvalue weighted by Crippen LogP contribution is 2.17. The highest BCUT2D eigenvalue weighted by Gasteiger charge is 2.34. The fourth-order valence-corrected chi connectivity index (χ4v) is 4.67. The third-order valence-corrected chi connectivity index (χ3v) is 7.11. The molecule has 0 aliphatic carbocycles. The van der Waals surface area contributed by atoms with E-state index < -0.39 is 54.1 Å². The lowest BCUT2D eigenvalue weighted by Gasteiger charge is -2.21. The summed E-state index contributed by atoms with van der Waals surface area (Å²) < 4.78 is 10.7. The quantitative estimate of drug-likeness (QED) is 0.117. The van der Waals surface area contributed by atoms with E-state index in [9.17, 15) is 28.8 Å². The molecule has 1 aliphatic heterocycles. The number of hydrogen-bond acceptors (Lipinski definition) is 9. The van der Waals surface area contributed by atoms with Crippen LogP contribution in [0.1, 0.15) is 50.8 Å². The number of aromatic nitrogens is 1. The number of carbonyl (C=O) groups excluding carboxylic acids is 6. The number of ether oxygens (including phenoxy) is 2. The van der Waals surface area contributed by atoms with Crippen LogP contribution in [0.5, 0.6) is 5.88 Å². The van der Waals surface area contributed by atoms with Crippen molar-refractivity contribution in [3.05, 3.63) is 59.8 Å². The lowest BCUT2D eigenvalue weighted by molar-refractivity contribution is -0.140. The summed E-state index contributed by atoms with van der Waals surface area (Å²) in [5, 5.41) is 12.7. The average molecular weight is 639 g/mol. The average Bonchev–Trinajstić information content (AvgIpc) is 3.46. The van der Waals surface area contributed by atoms with Crippen molar-refractivity contribution in [2.45, 2.75) is 64.6 Å². The van der Waals surface area contributed by atoms with E-state index in [0.29, 0.717) is 44.1 Å². The Bertz CT molecular complexity index is 1360. The molecular weight excluding hydrogens is 596 g/mol. The molecule has 1 aromatic carbocycles. The molecule has 3 rings (SSSR count). The van der Waals surface area contributed by atoms with Crippen LogP contribution in [-0.4, -0.2) is 78.8 Å². The molecule has 0 radical (unpaired) electrons. The van der Waals surface area contributed by atoms with Crippen molar-refractivity contribution in [3.8, 4) is 5.88 Å². The summed E-state index contributed by atoms with van der Waals surface area (Å²) in [5.41, 5.74) is 1.19. The smallest absolute Gasteiger partial charge is 0.408 e. The number of ketones is 1. The summed E-state index contributed by atoms with van der Waals surface area (Å²) in [4.78, 5) is 80.8. The topological polar surface area (TPSA) is 194 Å². The molecule has 14 heteroatoms. The molecule has 0 saturated carbocycles. The zero-order valence-electron chi connectivity index (χ0n) is 26.1. The van der Waals surface area contributed by atoms with Crippen LogP contribution in [0.4, 0.5) is 4.79 Å². The van der Waals surface area contributed by atoms with Gasteiger partial charge in [-0.1, -0.05) is 49.7 Å². The number of alkyl carbamates (subject to hydrolysis) is 1. The van der Waals surface area contributed by atoms with E-state index in [2.05, 4.69) is 31.6 Å². The van der Waals surface area contributed by atoms with Crippen LogP contribution in [-0.2, 0) is 41.7 Å². The lowest BCUT2D eigenvalue weighted by atomic mass is 9.95. The molecule has 248 valence electrons. The van der Waals surface area contributed by atoms with Crippen LogP contribution in [0.2, 0.25) is 0 Å². The molecule has 1 aromatic heterocycles. The van der Waals surface area contributed by atoms with Gasteiger partial charge >= 0.3 is 6.09 Å². The number of nitrogens with zero attached hydrogens (tertiary/aromatic N) is 1. The van der Waals surface area contributed by atoms with Crippen LogP contribution < -0.4 is 31.3 Å². The van der Waals surface area contributed by atoms with Crippen LogP contribution in [0, 0.1) is 5.92 Å². The van der Waals surface area contributed by atoms with Crippen LogP contribution >= 0.6 is 0 Å². The molecule has 2 aromatic rings. The molecule has 1 aliphatic rings. The zero-order chi connectivity index (χ0) is 33.3. The summed E-state index contributed by atoms with van der Waals surface area (Å²) in [6, 6.07) is 11.5. The van der Waals surface area contributed by atoms with Crippen molar-refractivity contribution in [3.63, 3.8) is 0 Å². The molecule has 14 nitrogen and oxygen atoms in total. The summed E-state index contributed by atoms with van der Waals surface area (Å²) in [7, 11) is 0. The predicted molar refractivity (Wildman–Crippen MR) is 166 cm³/mol. The van der Waals surface area contributed by atoms with Gasteiger partial charge in [0.25, 0.3) is 5.91 Å². The van der Waals surface area contributed by atoms with E-state index >= 15 is 0 Å². The second-order valence-corrected chi connectivity index (χ2v) is 10.7. The number of rotatable bonds is 18. The van der Waals surface area contributed by atoms with E-state index in [0.717, 1.165) is 12.0 Å². The normalized spacial score (nSPS) is 15.1. The van der Waals surface area contributed by atoms with Gasteiger partial charge in [0.15, 0.2) is 0 Å². The molecule has 1 fully saturated rings. The first-order valence-electron chi connectivity index (χ1n) is 15.4. The minimum atomic E-state index is -1.27. The fraction of sp³-hybridized carbons (Fsp3) is 0.469. The van der Waals surface area contributed by atoms with Gasteiger partial charge in [0, 0.05) is 37.2 Å². The van der Waals surface area contributed by atoms with E-state index in [1.807, 2.05) is 13.0 Å². The number of pyridine rings is 1. The second kappa shape index (κ2) is 18.7. The fourth-order valence-electron chi connectivity index (χ4n) is 4.67. The highest BCUT2D eigenvalue weighted by molar-refractivity contribution is 6.38. The van der Waals surface area contributed by atoms with Crippen molar-refractivity contribution < 1.29 is 38.2 Å². The van der Waals surface area contributed by atoms with Crippen LogP contribution in [0.3, 0.4) is 0 Å². The third kappa shape index (κ3) is 11.8. The Morgan fingerprint density at radius 2 is 1.76 bits per heavy atom. The van der Waals surface area contributed by atoms with Crippen molar-refractivity contribution in [2.24, 2.45) is 5.92 Å². The summed E-state index contributed by atoms with van der Waals surface area (Å²) in [5.74, 6) is -3.68. The van der Waals surface area contributed by atoms with E-state index in [1.165, 1.54) is 0 Å². The largest absolute Gasteiger partial charge is 0.478 e. The minimum absolute atomic E-state index is 0.0258. The molecule has 5 N–H and O–H groups in total. The summed E-state index contributed by atoms with van der Waals surface area (Å²) >= 11 is 0. The number of Topliss-reactive ketones (excluding diaryl/α,β-unsaturated/α-hetero) is 1. The van der Waals surface area contributed by atoms with Gasteiger partial charge in [-0.25, -0.2) is 9.78 Å². The SMILES string of the molecule is CCCCNC(=O)C(=O)[C@H](C[C@@H]1CCNC1=O)NC(=O)CNC(=O)[C@H](Cc1cccc(OCC)n1)NC(=O)OCc1ccccc1. The molecule has 1 saturated heterocycles. The molecule has 3 atom stereocenters. The van der Waals surface area contributed by atoms with Gasteiger partial charge in [0.05, 0.1) is 19.2 Å². The standard InChI is InChI=1S/C32H42N6O8/c1-3-5-15-33-31(43)28(40)24(17-22-14-16-34-29(22)41)37-26(39)19-35-30(42)25(18-23-12-9-13-27(36-23)45-4-2)38-32(44)46-20-21-10-7-6-8-11-21/h6-13,22,24-25H,3-5,14-20H2,1-2H3,(H,33,43)(H,34,41)(H,35,42)(H,37,39)(H,38,44)/t22-,24-,25-/m0/s1. The van der Waals surface area contributed by atoms with Crippen LogP contribution in [0.25, 0.3) is 0 Å². The molecular formula is C32H42N6O8. The Morgan fingerprint density at radius 3 is 2.46 bits per heavy atom. The van der Waals surface area contributed by atoms with Gasteiger partial charge in [-0.3, -0.25) is 24.0 Å². The predicted octanol–water partition coefficient (Wildman–Crippen LogP) is 0.930. The van der Waals surface area contributed by atoms with E-state index in [4.69, 9.17) is 9.47 Å². The Labute approximate surface area is 267 Å².